The smallest absolute Gasteiger partial charge is 0.225 e. The van der Waals surface area contributed by atoms with E-state index in [1.54, 1.807) is 0 Å². The molecule has 114 valence electrons. The number of nitrogens with zero attached hydrogens (tertiary/aromatic N) is 1. The standard InChI is InChI=1S/C16H22N2O3/c1-12-11-18(8-9-21-12)16(20)10-15(17-13(2)19)14-6-4-3-5-7-14/h3-7,12,15H,8-11H2,1-2H3,(H,17,19)/t12-,15+/m1/s1. The molecule has 0 bridgehead atoms. The monoisotopic (exact) mass is 290 g/mol. The topological polar surface area (TPSA) is 58.6 Å². The second-order valence-corrected chi connectivity index (χ2v) is 5.39. The summed E-state index contributed by atoms with van der Waals surface area (Å²) in [4.78, 5) is 25.6. The highest BCUT2D eigenvalue weighted by Gasteiger charge is 2.25. The molecule has 1 aromatic rings. The van der Waals surface area contributed by atoms with Crippen molar-refractivity contribution in [3.63, 3.8) is 0 Å². The van der Waals surface area contributed by atoms with Crippen LogP contribution < -0.4 is 5.32 Å². The maximum absolute atomic E-state index is 12.4. The quantitative estimate of drug-likeness (QED) is 0.914. The summed E-state index contributed by atoms with van der Waals surface area (Å²) in [6, 6.07) is 9.30. The summed E-state index contributed by atoms with van der Waals surface area (Å²) in [5, 5.41) is 2.86. The third-order valence-electron chi connectivity index (χ3n) is 3.55. The summed E-state index contributed by atoms with van der Waals surface area (Å²) >= 11 is 0. The fourth-order valence-corrected chi connectivity index (χ4v) is 2.53. The van der Waals surface area contributed by atoms with Gasteiger partial charge in [0.05, 0.1) is 25.2 Å². The Kier molecular flexibility index (Phi) is 5.33. The van der Waals surface area contributed by atoms with Gasteiger partial charge in [0.2, 0.25) is 11.8 Å². The van der Waals surface area contributed by atoms with Crippen LogP contribution in [0.5, 0.6) is 0 Å². The Bertz CT molecular complexity index is 490. The Morgan fingerprint density at radius 1 is 1.38 bits per heavy atom. The second-order valence-electron chi connectivity index (χ2n) is 5.39. The van der Waals surface area contributed by atoms with Crippen molar-refractivity contribution in [2.75, 3.05) is 19.7 Å². The van der Waals surface area contributed by atoms with Crippen molar-refractivity contribution in [3.8, 4) is 0 Å². The fourth-order valence-electron chi connectivity index (χ4n) is 2.53. The van der Waals surface area contributed by atoms with Crippen LogP contribution in [-0.4, -0.2) is 42.5 Å². The summed E-state index contributed by atoms with van der Waals surface area (Å²) < 4.78 is 5.45. The summed E-state index contributed by atoms with van der Waals surface area (Å²) in [5.41, 5.74) is 0.947. The molecule has 0 aliphatic carbocycles. The molecule has 1 aliphatic heterocycles. The molecule has 21 heavy (non-hydrogen) atoms. The van der Waals surface area contributed by atoms with Gasteiger partial charge >= 0.3 is 0 Å². The number of carbonyl (C=O) groups excluding carboxylic acids is 2. The summed E-state index contributed by atoms with van der Waals surface area (Å²) in [5.74, 6) is -0.0836. The number of rotatable bonds is 4. The van der Waals surface area contributed by atoms with Gasteiger partial charge in [0.25, 0.3) is 0 Å². The third kappa shape index (κ3) is 4.56. The van der Waals surface area contributed by atoms with Crippen molar-refractivity contribution >= 4 is 11.8 Å². The van der Waals surface area contributed by atoms with E-state index in [-0.39, 0.29) is 30.4 Å². The first-order valence-electron chi connectivity index (χ1n) is 7.27. The van der Waals surface area contributed by atoms with Crippen LogP contribution in [0.15, 0.2) is 30.3 Å². The lowest BCUT2D eigenvalue weighted by atomic mass is 10.0. The zero-order valence-corrected chi connectivity index (χ0v) is 12.5. The third-order valence-corrected chi connectivity index (χ3v) is 3.55. The molecule has 5 nitrogen and oxygen atoms in total. The molecule has 0 aromatic heterocycles. The molecule has 0 saturated carbocycles. The van der Waals surface area contributed by atoms with E-state index in [2.05, 4.69) is 5.32 Å². The predicted molar refractivity (Wildman–Crippen MR) is 79.6 cm³/mol. The molecular formula is C16H22N2O3. The van der Waals surface area contributed by atoms with Crippen molar-refractivity contribution in [1.82, 2.24) is 10.2 Å². The van der Waals surface area contributed by atoms with E-state index in [4.69, 9.17) is 4.74 Å². The normalized spacial score (nSPS) is 19.9. The van der Waals surface area contributed by atoms with E-state index in [0.29, 0.717) is 19.7 Å². The van der Waals surface area contributed by atoms with Gasteiger partial charge in [0.15, 0.2) is 0 Å². The highest BCUT2D eigenvalue weighted by molar-refractivity contribution is 5.79. The van der Waals surface area contributed by atoms with Crippen LogP contribution in [0.1, 0.15) is 31.9 Å². The molecule has 0 radical (unpaired) electrons. The zero-order chi connectivity index (χ0) is 15.2. The first kappa shape index (κ1) is 15.5. The number of hydrogen-bond donors (Lipinski definition) is 1. The van der Waals surface area contributed by atoms with Gasteiger partial charge in [-0.25, -0.2) is 0 Å². The van der Waals surface area contributed by atoms with Gasteiger partial charge in [-0.1, -0.05) is 30.3 Å². The molecule has 0 unspecified atom stereocenters. The lowest BCUT2D eigenvalue weighted by Gasteiger charge is -2.32. The molecule has 1 aliphatic rings. The van der Waals surface area contributed by atoms with Gasteiger partial charge in [0, 0.05) is 20.0 Å². The lowest BCUT2D eigenvalue weighted by Crippen LogP contribution is -2.45. The highest BCUT2D eigenvalue weighted by atomic mass is 16.5. The van der Waals surface area contributed by atoms with E-state index < -0.39 is 0 Å². The molecule has 1 N–H and O–H groups in total. The summed E-state index contributed by atoms with van der Waals surface area (Å²) in [6.07, 6.45) is 0.342. The Morgan fingerprint density at radius 2 is 2.10 bits per heavy atom. The first-order valence-corrected chi connectivity index (χ1v) is 7.27. The van der Waals surface area contributed by atoms with Crippen LogP contribution in [0, 0.1) is 0 Å². The van der Waals surface area contributed by atoms with Gasteiger partial charge in [-0.2, -0.15) is 0 Å². The molecule has 1 aromatic carbocycles. The minimum atomic E-state index is -0.283. The minimum absolute atomic E-state index is 0.0488. The largest absolute Gasteiger partial charge is 0.375 e. The van der Waals surface area contributed by atoms with Gasteiger partial charge in [0.1, 0.15) is 0 Å². The number of hydrogen-bond acceptors (Lipinski definition) is 3. The van der Waals surface area contributed by atoms with Crippen molar-refractivity contribution in [2.24, 2.45) is 0 Å². The predicted octanol–water partition coefficient (Wildman–Crippen LogP) is 1.50. The molecule has 5 heteroatoms. The number of carbonyl (C=O) groups is 2. The number of morpholine rings is 1. The van der Waals surface area contributed by atoms with Crippen molar-refractivity contribution < 1.29 is 14.3 Å². The van der Waals surface area contributed by atoms with Crippen molar-refractivity contribution in [2.45, 2.75) is 32.4 Å². The molecule has 0 spiro atoms. The van der Waals surface area contributed by atoms with E-state index in [9.17, 15) is 9.59 Å². The molecular weight excluding hydrogens is 268 g/mol. The minimum Gasteiger partial charge on any atom is -0.375 e. The zero-order valence-electron chi connectivity index (χ0n) is 12.5. The number of benzene rings is 1. The molecule has 1 saturated heterocycles. The van der Waals surface area contributed by atoms with Crippen LogP contribution in [-0.2, 0) is 14.3 Å². The Hall–Kier alpha value is -1.88. The average Bonchev–Trinajstić information content (AvgIpc) is 2.47. The van der Waals surface area contributed by atoms with Gasteiger partial charge in [-0.15, -0.1) is 0 Å². The molecule has 2 amide bonds. The van der Waals surface area contributed by atoms with Gasteiger partial charge < -0.3 is 15.0 Å². The lowest BCUT2D eigenvalue weighted by molar-refractivity contribution is -0.138. The Balaban J connectivity index is 2.04. The molecule has 1 fully saturated rings. The second kappa shape index (κ2) is 7.22. The maximum atomic E-state index is 12.4. The van der Waals surface area contributed by atoms with Crippen molar-refractivity contribution in [3.05, 3.63) is 35.9 Å². The first-order chi connectivity index (χ1) is 10.1. The van der Waals surface area contributed by atoms with Gasteiger partial charge in [-0.05, 0) is 12.5 Å². The van der Waals surface area contributed by atoms with Crippen LogP contribution in [0.3, 0.4) is 0 Å². The van der Waals surface area contributed by atoms with E-state index in [0.717, 1.165) is 5.56 Å². The SMILES string of the molecule is CC(=O)N[C@@H](CC(=O)N1CCO[C@H](C)C1)c1ccccc1. The van der Waals surface area contributed by atoms with E-state index >= 15 is 0 Å². The van der Waals surface area contributed by atoms with Crippen LogP contribution in [0.25, 0.3) is 0 Å². The maximum Gasteiger partial charge on any atom is 0.225 e. The highest BCUT2D eigenvalue weighted by Crippen LogP contribution is 2.18. The Morgan fingerprint density at radius 3 is 2.71 bits per heavy atom. The molecule has 2 atom stereocenters. The van der Waals surface area contributed by atoms with E-state index in [1.165, 1.54) is 6.92 Å². The Labute approximate surface area is 125 Å². The van der Waals surface area contributed by atoms with Crippen LogP contribution in [0.4, 0.5) is 0 Å². The number of ether oxygens (including phenoxy) is 1. The fraction of sp³-hybridized carbons (Fsp3) is 0.500. The molecule has 1 heterocycles. The average molecular weight is 290 g/mol. The number of nitrogens with one attached hydrogen (secondary N) is 1. The van der Waals surface area contributed by atoms with Crippen LogP contribution in [0.2, 0.25) is 0 Å². The van der Waals surface area contributed by atoms with Crippen molar-refractivity contribution in [1.29, 1.82) is 0 Å². The van der Waals surface area contributed by atoms with E-state index in [1.807, 2.05) is 42.2 Å². The van der Waals surface area contributed by atoms with Gasteiger partial charge in [-0.3, -0.25) is 9.59 Å². The summed E-state index contributed by atoms with van der Waals surface area (Å²) in [6.45, 7) is 5.23. The van der Waals surface area contributed by atoms with Crippen LogP contribution >= 0.6 is 0 Å². The number of amides is 2. The summed E-state index contributed by atoms with van der Waals surface area (Å²) in [7, 11) is 0. The molecule has 2 rings (SSSR count).